The molecule has 3 N–H and O–H groups in total. The Balaban J connectivity index is 1.89. The predicted octanol–water partition coefficient (Wildman–Crippen LogP) is 3.13. The number of benzene rings is 2. The topological polar surface area (TPSA) is 70.6 Å². The van der Waals surface area contributed by atoms with Crippen LogP contribution >= 0.6 is 12.2 Å². The van der Waals surface area contributed by atoms with Gasteiger partial charge < -0.3 is 15.2 Å². The first-order valence-corrected chi connectivity index (χ1v) is 10.1. The van der Waals surface area contributed by atoms with Crippen LogP contribution in [0.3, 0.4) is 0 Å². The highest BCUT2D eigenvalue weighted by Crippen LogP contribution is 2.45. The quantitative estimate of drug-likeness (QED) is 0.631. The van der Waals surface area contributed by atoms with Crippen molar-refractivity contribution >= 4 is 23.2 Å². The first kappa shape index (κ1) is 21.4. The van der Waals surface area contributed by atoms with Gasteiger partial charge in [-0.25, -0.2) is 4.39 Å². The van der Waals surface area contributed by atoms with Gasteiger partial charge in [-0.05, 0) is 43.8 Å². The number of carbonyl (C=O) groups excluding carboxylic acids is 1. The van der Waals surface area contributed by atoms with E-state index in [2.05, 4.69) is 10.6 Å². The van der Waals surface area contributed by atoms with Crippen LogP contribution in [0.4, 0.5) is 4.39 Å². The highest BCUT2D eigenvalue weighted by molar-refractivity contribution is 7.80. The maximum atomic E-state index is 14.8. The monoisotopic (exact) mass is 416 g/mol. The molecular formula is C22H25FN2O3S. The van der Waals surface area contributed by atoms with Crippen LogP contribution in [0.15, 0.2) is 54.6 Å². The van der Waals surface area contributed by atoms with Crippen LogP contribution in [0.25, 0.3) is 0 Å². The van der Waals surface area contributed by atoms with E-state index in [-0.39, 0.29) is 29.6 Å². The lowest BCUT2D eigenvalue weighted by Crippen LogP contribution is -2.54. The Bertz CT molecular complexity index is 864. The van der Waals surface area contributed by atoms with Crippen LogP contribution in [0.2, 0.25) is 0 Å². The van der Waals surface area contributed by atoms with E-state index < -0.39 is 11.4 Å². The van der Waals surface area contributed by atoms with Crippen LogP contribution < -0.4 is 10.6 Å². The fraction of sp³-hybridized carbons (Fsp3) is 0.364. The zero-order chi connectivity index (χ0) is 20.9. The smallest absolute Gasteiger partial charge is 0.257 e. The van der Waals surface area contributed by atoms with Gasteiger partial charge in [0.25, 0.3) is 5.91 Å². The summed E-state index contributed by atoms with van der Waals surface area (Å²) in [7, 11) is 0. The van der Waals surface area contributed by atoms with Crippen molar-refractivity contribution in [2.75, 3.05) is 13.2 Å². The van der Waals surface area contributed by atoms with E-state index >= 15 is 0 Å². The molecule has 0 radical (unpaired) electrons. The van der Waals surface area contributed by atoms with Crippen molar-refractivity contribution in [1.29, 1.82) is 0 Å². The molecule has 1 aliphatic rings. The highest BCUT2D eigenvalue weighted by atomic mass is 32.1. The highest BCUT2D eigenvalue weighted by Gasteiger charge is 2.50. The summed E-state index contributed by atoms with van der Waals surface area (Å²) in [5.74, 6) is -1.08. The Morgan fingerprint density at radius 2 is 1.93 bits per heavy atom. The van der Waals surface area contributed by atoms with Gasteiger partial charge in [0.2, 0.25) is 0 Å². The molecule has 154 valence electrons. The molecule has 0 aliphatic heterocycles. The lowest BCUT2D eigenvalue weighted by molar-refractivity contribution is 0.0607. The molecule has 1 saturated carbocycles. The van der Waals surface area contributed by atoms with Gasteiger partial charge in [-0.15, -0.1) is 0 Å². The Hall–Kier alpha value is -2.35. The molecule has 29 heavy (non-hydrogen) atoms. The Kier molecular flexibility index (Phi) is 6.95. The SMILES string of the molecule is CCO[C@H]1C[C@@H](CO)[C@](NC(=S)NC(=O)c2ccccc2)(c2ccccc2F)C1. The van der Waals surface area contributed by atoms with E-state index in [1.807, 2.05) is 13.0 Å². The second-order valence-corrected chi connectivity index (χ2v) is 7.53. The molecule has 2 aromatic rings. The first-order valence-electron chi connectivity index (χ1n) is 9.66. The van der Waals surface area contributed by atoms with Crippen molar-refractivity contribution in [3.63, 3.8) is 0 Å². The maximum absolute atomic E-state index is 14.8. The molecule has 0 heterocycles. The Morgan fingerprint density at radius 3 is 2.59 bits per heavy atom. The van der Waals surface area contributed by atoms with Gasteiger partial charge in [0, 0.05) is 36.7 Å². The number of rotatable bonds is 6. The van der Waals surface area contributed by atoms with Gasteiger partial charge in [-0.2, -0.15) is 0 Å². The minimum atomic E-state index is -0.985. The molecule has 0 bridgehead atoms. The minimum Gasteiger partial charge on any atom is -0.396 e. The fourth-order valence-electron chi connectivity index (χ4n) is 4.09. The summed E-state index contributed by atoms with van der Waals surface area (Å²) in [4.78, 5) is 12.5. The van der Waals surface area contributed by atoms with Crippen molar-refractivity contribution in [1.82, 2.24) is 10.6 Å². The summed E-state index contributed by atoms with van der Waals surface area (Å²) in [5.41, 5.74) is -0.118. The zero-order valence-corrected chi connectivity index (χ0v) is 17.0. The molecule has 7 heteroatoms. The summed E-state index contributed by atoms with van der Waals surface area (Å²) in [6.45, 7) is 2.25. The third kappa shape index (κ3) is 4.63. The van der Waals surface area contributed by atoms with Crippen molar-refractivity contribution in [2.24, 2.45) is 5.92 Å². The van der Waals surface area contributed by atoms with Crippen LogP contribution in [-0.4, -0.2) is 35.4 Å². The number of aliphatic hydroxyl groups excluding tert-OH is 1. The summed E-state index contributed by atoms with van der Waals surface area (Å²) >= 11 is 5.40. The van der Waals surface area contributed by atoms with E-state index in [0.717, 1.165) is 0 Å². The van der Waals surface area contributed by atoms with Gasteiger partial charge in [0.05, 0.1) is 11.6 Å². The average Bonchev–Trinajstić information content (AvgIpc) is 3.06. The van der Waals surface area contributed by atoms with Gasteiger partial charge >= 0.3 is 0 Å². The van der Waals surface area contributed by atoms with Crippen molar-refractivity contribution in [3.8, 4) is 0 Å². The van der Waals surface area contributed by atoms with Gasteiger partial charge in [0.1, 0.15) is 5.82 Å². The summed E-state index contributed by atoms with van der Waals surface area (Å²) in [5, 5.41) is 16.0. The number of aliphatic hydroxyl groups is 1. The number of carbonyl (C=O) groups is 1. The maximum Gasteiger partial charge on any atom is 0.257 e. The summed E-state index contributed by atoms with van der Waals surface area (Å²) < 4.78 is 20.6. The fourth-order valence-corrected chi connectivity index (χ4v) is 4.37. The molecule has 5 nitrogen and oxygen atoms in total. The van der Waals surface area contributed by atoms with E-state index in [1.54, 1.807) is 42.5 Å². The Morgan fingerprint density at radius 1 is 1.24 bits per heavy atom. The van der Waals surface area contributed by atoms with Crippen LogP contribution in [0.5, 0.6) is 0 Å². The molecule has 1 aliphatic carbocycles. The summed E-state index contributed by atoms with van der Waals surface area (Å²) in [6.07, 6.45) is 0.826. The lowest BCUT2D eigenvalue weighted by atomic mass is 9.80. The largest absolute Gasteiger partial charge is 0.396 e. The number of halogens is 1. The van der Waals surface area contributed by atoms with Gasteiger partial charge in [0.15, 0.2) is 5.11 Å². The molecule has 0 unspecified atom stereocenters. The normalized spacial score (nSPS) is 23.6. The molecule has 1 amide bonds. The molecule has 0 aromatic heterocycles. The van der Waals surface area contributed by atoms with Gasteiger partial charge in [-0.3, -0.25) is 10.1 Å². The van der Waals surface area contributed by atoms with Crippen molar-refractivity contribution in [3.05, 3.63) is 71.5 Å². The second-order valence-electron chi connectivity index (χ2n) is 7.12. The molecule has 3 rings (SSSR count). The van der Waals surface area contributed by atoms with E-state index in [4.69, 9.17) is 17.0 Å². The van der Waals surface area contributed by atoms with Gasteiger partial charge in [-0.1, -0.05) is 36.4 Å². The number of hydrogen-bond acceptors (Lipinski definition) is 4. The predicted molar refractivity (Wildman–Crippen MR) is 113 cm³/mol. The van der Waals surface area contributed by atoms with E-state index in [1.165, 1.54) is 6.07 Å². The molecule has 0 saturated heterocycles. The number of thiocarbonyl (C=S) groups is 1. The van der Waals surface area contributed by atoms with Crippen LogP contribution in [0, 0.1) is 11.7 Å². The third-order valence-electron chi connectivity index (χ3n) is 5.37. The molecular weight excluding hydrogens is 391 g/mol. The van der Waals surface area contributed by atoms with E-state index in [9.17, 15) is 14.3 Å². The van der Waals surface area contributed by atoms with E-state index in [0.29, 0.717) is 30.6 Å². The van der Waals surface area contributed by atoms with Crippen LogP contribution in [-0.2, 0) is 10.3 Å². The third-order valence-corrected chi connectivity index (χ3v) is 5.57. The molecule has 1 fully saturated rings. The standard InChI is InChI=1S/C22H25FN2O3S/c1-2-28-17-12-16(14-26)22(13-17,18-10-6-7-11-19(18)23)25-21(29)24-20(27)15-8-4-3-5-9-15/h3-11,16-17,26H,2,12-14H2,1H3,(H2,24,25,27,29)/t16-,17-,22-/m0/s1. The second kappa shape index (κ2) is 9.43. The van der Waals surface area contributed by atoms with Crippen LogP contribution in [0.1, 0.15) is 35.7 Å². The number of ether oxygens (including phenoxy) is 1. The molecule has 3 atom stereocenters. The molecule has 0 spiro atoms. The van der Waals surface area contributed by atoms with Crippen molar-refractivity contribution < 1.29 is 19.0 Å². The zero-order valence-electron chi connectivity index (χ0n) is 16.2. The minimum absolute atomic E-state index is 0.0812. The number of nitrogens with one attached hydrogen (secondary N) is 2. The number of amides is 1. The van der Waals surface area contributed by atoms with Crippen molar-refractivity contribution in [2.45, 2.75) is 31.4 Å². The lowest BCUT2D eigenvalue weighted by Gasteiger charge is -2.37. The average molecular weight is 417 g/mol. The Labute approximate surface area is 175 Å². The number of hydrogen-bond donors (Lipinski definition) is 3. The molecule has 2 aromatic carbocycles. The first-order chi connectivity index (χ1) is 14.0. The summed E-state index contributed by atoms with van der Waals surface area (Å²) in [6, 6.07) is 15.1.